The van der Waals surface area contributed by atoms with Crippen LogP contribution in [0.5, 0.6) is 0 Å². The number of piperazine rings is 1. The fourth-order valence-corrected chi connectivity index (χ4v) is 3.67. The third kappa shape index (κ3) is 3.37. The number of benzene rings is 1. The smallest absolute Gasteiger partial charge is 0.225 e. The van der Waals surface area contributed by atoms with Gasteiger partial charge in [0, 0.05) is 50.1 Å². The molecule has 1 saturated heterocycles. The van der Waals surface area contributed by atoms with Crippen molar-refractivity contribution in [2.45, 2.75) is 19.3 Å². The summed E-state index contributed by atoms with van der Waals surface area (Å²) in [7, 11) is 0. The largest absolute Gasteiger partial charge is 0.343 e. The van der Waals surface area contributed by atoms with E-state index in [4.69, 9.17) is 0 Å². The molecule has 1 amide bonds. The van der Waals surface area contributed by atoms with Crippen LogP contribution in [0.2, 0.25) is 0 Å². The number of nitrogens with zero attached hydrogens (tertiary/aromatic N) is 4. The van der Waals surface area contributed by atoms with Gasteiger partial charge in [-0.05, 0) is 18.4 Å². The van der Waals surface area contributed by atoms with Gasteiger partial charge in [0.2, 0.25) is 11.0 Å². The van der Waals surface area contributed by atoms with Crippen molar-refractivity contribution in [1.82, 2.24) is 14.3 Å². The molecule has 1 aliphatic carbocycles. The molecule has 0 bridgehead atoms. The summed E-state index contributed by atoms with van der Waals surface area (Å²) in [6.07, 6.45) is 2.94. The third-order valence-corrected chi connectivity index (χ3v) is 5.27. The summed E-state index contributed by atoms with van der Waals surface area (Å²) in [6, 6.07) is 10.3. The highest BCUT2D eigenvalue weighted by Crippen LogP contribution is 2.31. The number of carbonyl (C=O) groups is 1. The summed E-state index contributed by atoms with van der Waals surface area (Å²) in [5, 5.41) is 0.981. The number of hydrogen-bond acceptors (Lipinski definition) is 5. The van der Waals surface area contributed by atoms with Crippen molar-refractivity contribution in [3.63, 3.8) is 0 Å². The fraction of sp³-hybridized carbons (Fsp3) is 0.471. The molecule has 0 unspecified atom stereocenters. The summed E-state index contributed by atoms with van der Waals surface area (Å²) in [6.45, 7) is 3.34. The molecule has 0 atom stereocenters. The molecular weight excluding hydrogens is 308 g/mol. The van der Waals surface area contributed by atoms with Crippen LogP contribution in [-0.4, -0.2) is 46.3 Å². The average Bonchev–Trinajstić information content (AvgIpc) is 3.35. The number of amides is 1. The van der Waals surface area contributed by atoms with Crippen LogP contribution >= 0.6 is 11.5 Å². The minimum absolute atomic E-state index is 0.320. The summed E-state index contributed by atoms with van der Waals surface area (Å²) in [4.78, 5) is 21.0. The predicted octanol–water partition coefficient (Wildman–Crippen LogP) is 2.19. The number of carbonyl (C=O) groups excluding carboxylic acids is 1. The molecule has 2 heterocycles. The highest BCUT2D eigenvalue weighted by molar-refractivity contribution is 7.09. The maximum absolute atomic E-state index is 12.1. The van der Waals surface area contributed by atoms with Crippen molar-refractivity contribution < 1.29 is 4.79 Å². The van der Waals surface area contributed by atoms with E-state index in [0.29, 0.717) is 11.8 Å². The van der Waals surface area contributed by atoms with E-state index in [2.05, 4.69) is 26.4 Å². The molecule has 4 rings (SSSR count). The van der Waals surface area contributed by atoms with E-state index in [1.54, 1.807) is 0 Å². The monoisotopic (exact) mass is 328 g/mol. The molecule has 6 heteroatoms. The minimum Gasteiger partial charge on any atom is -0.343 e. The zero-order chi connectivity index (χ0) is 15.6. The molecule has 1 aromatic carbocycles. The third-order valence-electron chi connectivity index (χ3n) is 4.45. The van der Waals surface area contributed by atoms with Crippen molar-refractivity contribution in [2.75, 3.05) is 31.1 Å². The first-order valence-electron chi connectivity index (χ1n) is 8.20. The van der Waals surface area contributed by atoms with E-state index in [-0.39, 0.29) is 0 Å². The molecule has 120 valence electrons. The molecule has 23 heavy (non-hydrogen) atoms. The maximum Gasteiger partial charge on any atom is 0.225 e. The van der Waals surface area contributed by atoms with E-state index in [1.165, 1.54) is 17.1 Å². The lowest BCUT2D eigenvalue weighted by atomic mass is 10.1. The Bertz CT molecular complexity index is 675. The van der Waals surface area contributed by atoms with Gasteiger partial charge < -0.3 is 9.80 Å². The van der Waals surface area contributed by atoms with Crippen molar-refractivity contribution >= 4 is 22.6 Å². The van der Waals surface area contributed by atoms with Gasteiger partial charge in [-0.3, -0.25) is 4.79 Å². The summed E-state index contributed by atoms with van der Waals surface area (Å²) in [5.41, 5.74) is 1.23. The lowest BCUT2D eigenvalue weighted by molar-refractivity contribution is -0.132. The second-order valence-electron chi connectivity index (χ2n) is 6.24. The molecule has 2 aliphatic rings. The second-order valence-corrected chi connectivity index (χ2v) is 6.97. The quantitative estimate of drug-likeness (QED) is 0.863. The Balaban J connectivity index is 1.35. The van der Waals surface area contributed by atoms with Gasteiger partial charge in [-0.2, -0.15) is 4.37 Å². The lowest BCUT2D eigenvalue weighted by Gasteiger charge is -2.34. The molecule has 0 N–H and O–H groups in total. The van der Waals surface area contributed by atoms with Crippen molar-refractivity contribution in [3.05, 3.63) is 41.7 Å². The zero-order valence-corrected chi connectivity index (χ0v) is 13.8. The van der Waals surface area contributed by atoms with E-state index in [0.717, 1.165) is 56.4 Å². The first-order chi connectivity index (χ1) is 11.3. The molecule has 1 aliphatic heterocycles. The van der Waals surface area contributed by atoms with Gasteiger partial charge in [0.15, 0.2) is 0 Å². The molecule has 1 aromatic heterocycles. The molecule has 5 nitrogen and oxygen atoms in total. The highest BCUT2D eigenvalue weighted by Gasteiger charge is 2.34. The molecule has 0 spiro atoms. The number of aromatic nitrogens is 2. The van der Waals surface area contributed by atoms with Crippen LogP contribution in [0, 0.1) is 5.92 Å². The van der Waals surface area contributed by atoms with Crippen LogP contribution in [0.15, 0.2) is 30.3 Å². The first kappa shape index (κ1) is 14.6. The second kappa shape index (κ2) is 6.28. The Morgan fingerprint density at radius 2 is 1.87 bits per heavy atom. The van der Waals surface area contributed by atoms with Gasteiger partial charge in [-0.15, -0.1) is 0 Å². The van der Waals surface area contributed by atoms with Crippen molar-refractivity contribution in [3.8, 4) is 0 Å². The number of anilines is 1. The van der Waals surface area contributed by atoms with Crippen LogP contribution in [0.4, 0.5) is 5.13 Å². The Hall–Kier alpha value is -1.95. The van der Waals surface area contributed by atoms with Crippen LogP contribution in [0.25, 0.3) is 0 Å². The van der Waals surface area contributed by atoms with Crippen LogP contribution in [0.3, 0.4) is 0 Å². The maximum atomic E-state index is 12.1. The highest BCUT2D eigenvalue weighted by atomic mass is 32.1. The van der Waals surface area contributed by atoms with E-state index >= 15 is 0 Å². The summed E-state index contributed by atoms with van der Waals surface area (Å²) < 4.78 is 4.49. The normalized spacial score (nSPS) is 18.3. The molecule has 0 radical (unpaired) electrons. The fourth-order valence-electron chi connectivity index (χ4n) is 2.93. The van der Waals surface area contributed by atoms with Crippen molar-refractivity contribution in [1.29, 1.82) is 0 Å². The van der Waals surface area contributed by atoms with Crippen LogP contribution in [0.1, 0.15) is 24.2 Å². The van der Waals surface area contributed by atoms with Gasteiger partial charge in [0.1, 0.15) is 5.82 Å². The van der Waals surface area contributed by atoms with Crippen LogP contribution < -0.4 is 4.90 Å². The number of rotatable bonds is 4. The van der Waals surface area contributed by atoms with Gasteiger partial charge in [0.05, 0.1) is 0 Å². The Morgan fingerprint density at radius 1 is 1.13 bits per heavy atom. The van der Waals surface area contributed by atoms with Crippen molar-refractivity contribution in [2.24, 2.45) is 5.92 Å². The molecule has 2 fully saturated rings. The van der Waals surface area contributed by atoms with E-state index < -0.39 is 0 Å². The van der Waals surface area contributed by atoms with Gasteiger partial charge in [-0.1, -0.05) is 30.3 Å². The Morgan fingerprint density at radius 3 is 2.57 bits per heavy atom. The van der Waals surface area contributed by atoms with Gasteiger partial charge in [0.25, 0.3) is 0 Å². The lowest BCUT2D eigenvalue weighted by Crippen LogP contribution is -2.49. The topological polar surface area (TPSA) is 49.3 Å². The Kier molecular flexibility index (Phi) is 3.99. The predicted molar refractivity (Wildman–Crippen MR) is 90.7 cm³/mol. The standard InChI is InChI=1S/C17H20N4OS/c22-16(14-6-7-14)20-8-10-21(11-9-20)17-18-15(19-23-17)12-13-4-2-1-3-5-13/h1-5,14H,6-12H2. The molecular formula is C17H20N4OS. The van der Waals surface area contributed by atoms with Crippen LogP contribution in [-0.2, 0) is 11.2 Å². The van der Waals surface area contributed by atoms with Gasteiger partial charge >= 0.3 is 0 Å². The minimum atomic E-state index is 0.320. The number of hydrogen-bond donors (Lipinski definition) is 0. The summed E-state index contributed by atoms with van der Waals surface area (Å²) in [5.74, 6) is 1.56. The van der Waals surface area contributed by atoms with E-state index in [9.17, 15) is 4.79 Å². The Labute approximate surface area is 140 Å². The molecule has 1 saturated carbocycles. The first-order valence-corrected chi connectivity index (χ1v) is 8.97. The summed E-state index contributed by atoms with van der Waals surface area (Å²) >= 11 is 1.46. The SMILES string of the molecule is O=C(C1CC1)N1CCN(c2nc(Cc3ccccc3)ns2)CC1. The average molecular weight is 328 g/mol. The molecule has 2 aromatic rings. The zero-order valence-electron chi connectivity index (χ0n) is 13.0. The van der Waals surface area contributed by atoms with E-state index in [1.807, 2.05) is 23.1 Å². The van der Waals surface area contributed by atoms with Gasteiger partial charge in [-0.25, -0.2) is 4.98 Å².